The van der Waals surface area contributed by atoms with E-state index in [4.69, 9.17) is 4.74 Å². The normalized spacial score (nSPS) is 11.9. The zero-order valence-corrected chi connectivity index (χ0v) is 13.6. The highest BCUT2D eigenvalue weighted by molar-refractivity contribution is 6.06. The van der Waals surface area contributed by atoms with Crippen LogP contribution in [0.3, 0.4) is 0 Å². The molecule has 0 spiro atoms. The highest BCUT2D eigenvalue weighted by atomic mass is 19.1. The number of carbonyl (C=O) groups is 2. The summed E-state index contributed by atoms with van der Waals surface area (Å²) in [6.45, 7) is 0.0535. The van der Waals surface area contributed by atoms with Crippen molar-refractivity contribution in [3.63, 3.8) is 0 Å². The van der Waals surface area contributed by atoms with E-state index in [0.29, 0.717) is 11.1 Å². The number of ether oxygens (including phenoxy) is 1. The Morgan fingerprint density at radius 1 is 1.16 bits per heavy atom. The molecule has 0 saturated heterocycles. The number of aromatic nitrogens is 1. The fourth-order valence-corrected chi connectivity index (χ4v) is 2.75. The van der Waals surface area contributed by atoms with Crippen molar-refractivity contribution < 1.29 is 18.7 Å². The van der Waals surface area contributed by atoms with Gasteiger partial charge in [-0.1, -0.05) is 18.2 Å². The largest absolute Gasteiger partial charge is 0.468 e. The van der Waals surface area contributed by atoms with Gasteiger partial charge in [0.15, 0.2) is 0 Å². The summed E-state index contributed by atoms with van der Waals surface area (Å²) in [4.78, 5) is 27.6. The van der Waals surface area contributed by atoms with Crippen LogP contribution < -0.4 is 5.32 Å². The number of fused-ring (bicyclic) bond motifs is 1. The SMILES string of the molecule is COC(=O)[C@H](CNC(=O)c1cccc2[nH]ccc12)c1ccc(F)cc1. The van der Waals surface area contributed by atoms with E-state index < -0.39 is 17.7 Å². The van der Waals surface area contributed by atoms with Crippen molar-refractivity contribution in [2.24, 2.45) is 0 Å². The lowest BCUT2D eigenvalue weighted by Crippen LogP contribution is -2.32. The first-order valence-corrected chi connectivity index (χ1v) is 7.77. The molecule has 2 aromatic carbocycles. The first kappa shape index (κ1) is 16.7. The van der Waals surface area contributed by atoms with Gasteiger partial charge in [-0.25, -0.2) is 4.39 Å². The molecule has 0 unspecified atom stereocenters. The molecule has 25 heavy (non-hydrogen) atoms. The minimum Gasteiger partial charge on any atom is -0.468 e. The third kappa shape index (κ3) is 3.52. The summed E-state index contributed by atoms with van der Waals surface area (Å²) in [5.74, 6) is -1.89. The first-order chi connectivity index (χ1) is 12.1. The zero-order chi connectivity index (χ0) is 17.8. The quantitative estimate of drug-likeness (QED) is 0.702. The van der Waals surface area contributed by atoms with Crippen molar-refractivity contribution in [1.82, 2.24) is 10.3 Å². The van der Waals surface area contributed by atoms with Crippen molar-refractivity contribution in [1.29, 1.82) is 0 Å². The van der Waals surface area contributed by atoms with Gasteiger partial charge in [-0.3, -0.25) is 9.59 Å². The van der Waals surface area contributed by atoms with Gasteiger partial charge < -0.3 is 15.0 Å². The van der Waals surface area contributed by atoms with Gasteiger partial charge >= 0.3 is 5.97 Å². The molecule has 3 aromatic rings. The maximum Gasteiger partial charge on any atom is 0.314 e. The molecule has 2 N–H and O–H groups in total. The highest BCUT2D eigenvalue weighted by Gasteiger charge is 2.23. The average molecular weight is 340 g/mol. The Balaban J connectivity index is 1.79. The molecule has 1 heterocycles. The predicted molar refractivity (Wildman–Crippen MR) is 91.8 cm³/mol. The lowest BCUT2D eigenvalue weighted by atomic mass is 9.99. The smallest absolute Gasteiger partial charge is 0.314 e. The minimum absolute atomic E-state index is 0.0535. The van der Waals surface area contributed by atoms with Crippen molar-refractivity contribution in [3.05, 3.63) is 71.7 Å². The fourth-order valence-electron chi connectivity index (χ4n) is 2.75. The predicted octanol–water partition coefficient (Wildman–Crippen LogP) is 2.99. The van der Waals surface area contributed by atoms with Crippen molar-refractivity contribution in [2.75, 3.05) is 13.7 Å². The standard InChI is InChI=1S/C19H17FN2O3/c1-25-19(24)16(12-5-7-13(20)8-6-12)11-22-18(23)15-3-2-4-17-14(15)9-10-21-17/h2-10,16,21H,11H2,1H3,(H,22,23)/t16-/m1/s1. The van der Waals surface area contributed by atoms with Crippen LogP contribution >= 0.6 is 0 Å². The van der Waals surface area contributed by atoms with Crippen LogP contribution in [0.1, 0.15) is 21.8 Å². The Bertz CT molecular complexity index is 902. The number of aromatic amines is 1. The number of nitrogens with one attached hydrogen (secondary N) is 2. The molecule has 6 heteroatoms. The van der Waals surface area contributed by atoms with Crippen LogP contribution in [0.2, 0.25) is 0 Å². The van der Waals surface area contributed by atoms with Gasteiger partial charge in [0.05, 0.1) is 13.0 Å². The molecule has 1 amide bonds. The number of carbonyl (C=O) groups excluding carboxylic acids is 2. The Morgan fingerprint density at radius 3 is 2.64 bits per heavy atom. The minimum atomic E-state index is -0.708. The van der Waals surface area contributed by atoms with Gasteiger partial charge in [-0.2, -0.15) is 0 Å². The molecule has 1 aromatic heterocycles. The molecule has 0 aliphatic rings. The molecule has 3 rings (SSSR count). The second kappa shape index (κ2) is 7.17. The van der Waals surface area contributed by atoms with Crippen LogP contribution in [-0.4, -0.2) is 30.5 Å². The van der Waals surface area contributed by atoms with Crippen molar-refractivity contribution >= 4 is 22.8 Å². The number of halogens is 1. The molecule has 0 aliphatic carbocycles. The highest BCUT2D eigenvalue weighted by Crippen LogP contribution is 2.19. The summed E-state index contributed by atoms with van der Waals surface area (Å²) in [6.07, 6.45) is 1.76. The Labute approximate surface area is 143 Å². The van der Waals surface area contributed by atoms with Gasteiger partial charge in [0.2, 0.25) is 0 Å². The summed E-state index contributed by atoms with van der Waals surface area (Å²) in [5, 5.41) is 3.56. The first-order valence-electron chi connectivity index (χ1n) is 7.77. The van der Waals surface area contributed by atoms with E-state index >= 15 is 0 Å². The second-order valence-corrected chi connectivity index (χ2v) is 5.58. The van der Waals surface area contributed by atoms with Crippen molar-refractivity contribution in [2.45, 2.75) is 5.92 Å². The number of hydrogen-bond donors (Lipinski definition) is 2. The van der Waals surface area contributed by atoms with Crippen LogP contribution in [0.25, 0.3) is 10.9 Å². The van der Waals surface area contributed by atoms with E-state index in [-0.39, 0.29) is 12.5 Å². The molecular formula is C19H17FN2O3. The van der Waals surface area contributed by atoms with Gasteiger partial charge in [-0.15, -0.1) is 0 Å². The van der Waals surface area contributed by atoms with E-state index in [1.807, 2.05) is 12.1 Å². The maximum absolute atomic E-state index is 13.1. The van der Waals surface area contributed by atoms with Crippen LogP contribution in [0, 0.1) is 5.82 Å². The molecule has 128 valence electrons. The van der Waals surface area contributed by atoms with Gasteiger partial charge in [-0.05, 0) is 35.9 Å². The number of methoxy groups -OCH3 is 1. The number of esters is 1. The third-order valence-electron chi connectivity index (χ3n) is 4.06. The fraction of sp³-hybridized carbons (Fsp3) is 0.158. The lowest BCUT2D eigenvalue weighted by molar-refractivity contribution is -0.142. The Morgan fingerprint density at radius 2 is 1.92 bits per heavy atom. The number of hydrogen-bond acceptors (Lipinski definition) is 3. The molecule has 1 atom stereocenters. The van der Waals surface area contributed by atoms with E-state index in [9.17, 15) is 14.0 Å². The average Bonchev–Trinajstić information content (AvgIpc) is 3.11. The van der Waals surface area contributed by atoms with Crippen LogP contribution in [0.15, 0.2) is 54.7 Å². The molecule has 5 nitrogen and oxygen atoms in total. The topological polar surface area (TPSA) is 71.2 Å². The summed E-state index contributed by atoms with van der Waals surface area (Å²) in [6, 6.07) is 12.8. The van der Waals surface area contributed by atoms with Gasteiger partial charge in [0.1, 0.15) is 5.82 Å². The van der Waals surface area contributed by atoms with E-state index in [2.05, 4.69) is 10.3 Å². The third-order valence-corrected chi connectivity index (χ3v) is 4.06. The number of H-pyrrole nitrogens is 1. The van der Waals surface area contributed by atoms with Gasteiger partial charge in [0, 0.05) is 29.2 Å². The molecular weight excluding hydrogens is 323 g/mol. The summed E-state index contributed by atoms with van der Waals surface area (Å²) < 4.78 is 17.9. The van der Waals surface area contributed by atoms with Crippen LogP contribution in [0.4, 0.5) is 4.39 Å². The summed E-state index contributed by atoms with van der Waals surface area (Å²) >= 11 is 0. The van der Waals surface area contributed by atoms with Crippen LogP contribution in [-0.2, 0) is 9.53 Å². The Kier molecular flexibility index (Phi) is 4.79. The monoisotopic (exact) mass is 340 g/mol. The second-order valence-electron chi connectivity index (χ2n) is 5.58. The van der Waals surface area contributed by atoms with E-state index in [0.717, 1.165) is 10.9 Å². The summed E-state index contributed by atoms with van der Waals surface area (Å²) in [7, 11) is 1.28. The molecule has 0 radical (unpaired) electrons. The number of benzene rings is 2. The van der Waals surface area contributed by atoms with E-state index in [1.165, 1.54) is 31.4 Å². The zero-order valence-electron chi connectivity index (χ0n) is 13.6. The van der Waals surface area contributed by atoms with Crippen LogP contribution in [0.5, 0.6) is 0 Å². The van der Waals surface area contributed by atoms with Gasteiger partial charge in [0.25, 0.3) is 5.91 Å². The molecule has 0 fully saturated rings. The Hall–Kier alpha value is -3.15. The lowest BCUT2D eigenvalue weighted by Gasteiger charge is -2.16. The summed E-state index contributed by atoms with van der Waals surface area (Å²) in [5.41, 5.74) is 1.95. The van der Waals surface area contributed by atoms with Crippen molar-refractivity contribution in [3.8, 4) is 0 Å². The molecule has 0 saturated carbocycles. The maximum atomic E-state index is 13.1. The molecule has 0 aliphatic heterocycles. The van der Waals surface area contributed by atoms with E-state index in [1.54, 1.807) is 18.3 Å². The number of amides is 1. The number of rotatable bonds is 5. The molecule has 0 bridgehead atoms.